The van der Waals surface area contributed by atoms with Gasteiger partial charge in [-0.25, -0.2) is 9.78 Å². The number of hydrogen-bond acceptors (Lipinski definition) is 4. The van der Waals surface area contributed by atoms with Crippen LogP contribution in [0.3, 0.4) is 0 Å². The zero-order chi connectivity index (χ0) is 13.9. The fourth-order valence-corrected chi connectivity index (χ4v) is 2.29. The van der Waals surface area contributed by atoms with E-state index < -0.39 is 5.97 Å². The van der Waals surface area contributed by atoms with Gasteiger partial charge >= 0.3 is 5.97 Å². The first-order chi connectivity index (χ1) is 8.31. The van der Waals surface area contributed by atoms with Gasteiger partial charge in [0, 0.05) is 6.08 Å². The minimum absolute atomic E-state index is 0.202. The van der Waals surface area contributed by atoms with E-state index in [2.05, 4.69) is 10.3 Å². The molecule has 1 atom stereocenters. The maximum absolute atomic E-state index is 11.5. The summed E-state index contributed by atoms with van der Waals surface area (Å²) in [6, 6.07) is -0.301. The lowest BCUT2D eigenvalue weighted by Gasteiger charge is -2.09. The number of amides is 1. The van der Waals surface area contributed by atoms with Crippen molar-refractivity contribution < 1.29 is 14.7 Å². The third-order valence-electron chi connectivity index (χ3n) is 2.16. The summed E-state index contributed by atoms with van der Waals surface area (Å²) in [7, 11) is 0. The van der Waals surface area contributed by atoms with Gasteiger partial charge in [0.15, 0.2) is 0 Å². The Morgan fingerprint density at radius 3 is 2.50 bits per heavy atom. The topological polar surface area (TPSA) is 79.3 Å². The quantitative estimate of drug-likeness (QED) is 0.821. The molecule has 0 spiro atoms. The molecule has 0 saturated carbocycles. The Balaban J connectivity index is 2.82. The largest absolute Gasteiger partial charge is 0.477 e. The predicted molar refractivity (Wildman–Crippen MR) is 69.8 cm³/mol. The van der Waals surface area contributed by atoms with E-state index in [0.717, 1.165) is 16.9 Å². The molecule has 98 valence electrons. The number of hydrogen-bond donors (Lipinski definition) is 2. The molecule has 0 aromatic carbocycles. The summed E-state index contributed by atoms with van der Waals surface area (Å²) in [5.41, 5.74) is 1.38. The van der Waals surface area contributed by atoms with Crippen molar-refractivity contribution in [1.29, 1.82) is 0 Å². The van der Waals surface area contributed by atoms with Crippen molar-refractivity contribution in [2.45, 2.75) is 33.7 Å². The number of nitrogens with zero attached hydrogens (tertiary/aromatic N) is 1. The fourth-order valence-electron chi connectivity index (χ4n) is 1.38. The van der Waals surface area contributed by atoms with Gasteiger partial charge in [0.25, 0.3) is 0 Å². The summed E-state index contributed by atoms with van der Waals surface area (Å²) in [5.74, 6) is -1.19. The van der Waals surface area contributed by atoms with E-state index in [1.165, 1.54) is 6.08 Å². The van der Waals surface area contributed by atoms with Crippen LogP contribution in [0.15, 0.2) is 11.6 Å². The molecule has 18 heavy (non-hydrogen) atoms. The molecule has 0 radical (unpaired) electrons. The third kappa shape index (κ3) is 3.66. The van der Waals surface area contributed by atoms with E-state index in [4.69, 9.17) is 5.11 Å². The summed E-state index contributed by atoms with van der Waals surface area (Å²) in [5, 5.41) is 12.3. The minimum atomic E-state index is -0.987. The Bertz CT molecular complexity index is 501. The number of aromatic carboxylic acids is 1. The molecule has 0 bridgehead atoms. The number of carbonyl (C=O) groups excluding carboxylic acids is 1. The van der Waals surface area contributed by atoms with E-state index in [0.29, 0.717) is 10.7 Å². The number of rotatable bonds is 4. The molecule has 0 unspecified atom stereocenters. The first kappa shape index (κ1) is 14.4. The molecule has 1 heterocycles. The number of thiazole rings is 1. The van der Waals surface area contributed by atoms with E-state index in [-0.39, 0.29) is 16.8 Å². The number of carboxylic acids is 1. The average Bonchev–Trinajstić information content (AvgIpc) is 2.58. The van der Waals surface area contributed by atoms with Gasteiger partial charge in [-0.2, -0.15) is 0 Å². The third-order valence-corrected chi connectivity index (χ3v) is 3.48. The molecule has 1 aromatic heterocycles. The first-order valence-corrected chi connectivity index (χ1v) is 6.29. The molecule has 2 N–H and O–H groups in total. The lowest BCUT2D eigenvalue weighted by atomic mass is 10.3. The maximum atomic E-state index is 11.5. The molecular weight excluding hydrogens is 252 g/mol. The number of allylic oxidation sites excluding steroid dienone is 1. The highest BCUT2D eigenvalue weighted by Gasteiger charge is 2.18. The highest BCUT2D eigenvalue weighted by molar-refractivity contribution is 7.13. The van der Waals surface area contributed by atoms with Crippen LogP contribution in [-0.2, 0) is 4.79 Å². The highest BCUT2D eigenvalue weighted by Crippen LogP contribution is 2.23. The van der Waals surface area contributed by atoms with Crippen molar-refractivity contribution in [3.05, 3.63) is 27.2 Å². The van der Waals surface area contributed by atoms with Gasteiger partial charge < -0.3 is 10.4 Å². The summed E-state index contributed by atoms with van der Waals surface area (Å²) in [6.45, 7) is 7.09. The van der Waals surface area contributed by atoms with Crippen molar-refractivity contribution in [2.75, 3.05) is 0 Å². The van der Waals surface area contributed by atoms with Gasteiger partial charge in [-0.05, 0) is 27.7 Å². The summed E-state index contributed by atoms with van der Waals surface area (Å²) in [6.07, 6.45) is 1.50. The molecule has 0 aliphatic heterocycles. The Labute approximate surface area is 110 Å². The van der Waals surface area contributed by atoms with Crippen molar-refractivity contribution >= 4 is 23.2 Å². The second kappa shape index (κ2) is 5.77. The predicted octanol–water partition coefficient (Wildman–Crippen LogP) is 2.29. The van der Waals surface area contributed by atoms with Crippen LogP contribution in [0.25, 0.3) is 0 Å². The van der Waals surface area contributed by atoms with Gasteiger partial charge in [-0.1, -0.05) is 5.57 Å². The Hall–Kier alpha value is -1.69. The molecule has 0 fully saturated rings. The lowest BCUT2D eigenvalue weighted by Crippen LogP contribution is -2.24. The molecular formula is C12H16N2O3S. The molecule has 1 rings (SSSR count). The number of aromatic nitrogens is 1. The second-order valence-electron chi connectivity index (χ2n) is 4.22. The van der Waals surface area contributed by atoms with E-state index in [1.54, 1.807) is 13.8 Å². The first-order valence-electron chi connectivity index (χ1n) is 5.47. The van der Waals surface area contributed by atoms with Crippen LogP contribution in [0.4, 0.5) is 0 Å². The van der Waals surface area contributed by atoms with Crippen LogP contribution in [0.5, 0.6) is 0 Å². The lowest BCUT2D eigenvalue weighted by molar-refractivity contribution is -0.117. The normalized spacial score (nSPS) is 11.8. The SMILES string of the molecule is CC(C)=CC(=O)N[C@H](C)c1nc(C)c(C(=O)O)s1. The van der Waals surface area contributed by atoms with E-state index in [9.17, 15) is 9.59 Å². The highest BCUT2D eigenvalue weighted by atomic mass is 32.1. The van der Waals surface area contributed by atoms with Crippen molar-refractivity contribution in [2.24, 2.45) is 0 Å². The number of carbonyl (C=O) groups is 2. The smallest absolute Gasteiger partial charge is 0.347 e. The molecule has 1 aromatic rings. The minimum Gasteiger partial charge on any atom is -0.477 e. The summed E-state index contributed by atoms with van der Waals surface area (Å²) < 4.78 is 0. The molecule has 0 saturated heterocycles. The van der Waals surface area contributed by atoms with Gasteiger partial charge in [-0.15, -0.1) is 11.3 Å². The monoisotopic (exact) mass is 268 g/mol. The molecule has 6 heteroatoms. The van der Waals surface area contributed by atoms with Crippen LogP contribution < -0.4 is 5.32 Å². The average molecular weight is 268 g/mol. The van der Waals surface area contributed by atoms with Gasteiger partial charge in [0.1, 0.15) is 9.88 Å². The van der Waals surface area contributed by atoms with Gasteiger partial charge in [0.05, 0.1) is 11.7 Å². The van der Waals surface area contributed by atoms with Crippen LogP contribution in [0.2, 0.25) is 0 Å². The Morgan fingerprint density at radius 1 is 1.44 bits per heavy atom. The van der Waals surface area contributed by atoms with Crippen molar-refractivity contribution in [1.82, 2.24) is 10.3 Å². The molecule has 5 nitrogen and oxygen atoms in total. The van der Waals surface area contributed by atoms with Crippen molar-refractivity contribution in [3.63, 3.8) is 0 Å². The Morgan fingerprint density at radius 2 is 2.06 bits per heavy atom. The maximum Gasteiger partial charge on any atom is 0.347 e. The second-order valence-corrected chi connectivity index (χ2v) is 5.25. The van der Waals surface area contributed by atoms with E-state index in [1.807, 2.05) is 13.8 Å². The van der Waals surface area contributed by atoms with Gasteiger partial charge in [0.2, 0.25) is 5.91 Å². The van der Waals surface area contributed by atoms with E-state index >= 15 is 0 Å². The Kier molecular flexibility index (Phi) is 4.61. The number of aryl methyl sites for hydroxylation is 1. The molecule has 0 aliphatic rings. The van der Waals surface area contributed by atoms with Crippen LogP contribution in [0.1, 0.15) is 47.2 Å². The summed E-state index contributed by atoms with van der Waals surface area (Å²) in [4.78, 5) is 26.8. The van der Waals surface area contributed by atoms with Gasteiger partial charge in [-0.3, -0.25) is 4.79 Å². The van der Waals surface area contributed by atoms with Crippen LogP contribution in [0, 0.1) is 6.92 Å². The zero-order valence-electron chi connectivity index (χ0n) is 10.8. The summed E-state index contributed by atoms with van der Waals surface area (Å²) >= 11 is 1.09. The number of nitrogens with one attached hydrogen (secondary N) is 1. The van der Waals surface area contributed by atoms with Crippen molar-refractivity contribution in [3.8, 4) is 0 Å². The zero-order valence-corrected chi connectivity index (χ0v) is 11.6. The fraction of sp³-hybridized carbons (Fsp3) is 0.417. The molecule has 0 aliphatic carbocycles. The molecule has 1 amide bonds. The number of carboxylic acid groups (broad SMARTS) is 1. The standard InChI is InChI=1S/C12H16N2O3S/c1-6(2)5-9(15)13-8(4)11-14-7(3)10(18-11)12(16)17/h5,8H,1-4H3,(H,13,15)(H,16,17)/t8-/m1/s1. The van der Waals surface area contributed by atoms with Crippen LogP contribution >= 0.6 is 11.3 Å². The van der Waals surface area contributed by atoms with Crippen LogP contribution in [-0.4, -0.2) is 22.0 Å².